The van der Waals surface area contributed by atoms with Crippen LogP contribution in [0.15, 0.2) is 23.8 Å². The van der Waals surface area contributed by atoms with Gasteiger partial charge >= 0.3 is 0 Å². The highest BCUT2D eigenvalue weighted by atomic mass is 32.1. The highest BCUT2D eigenvalue weighted by Crippen LogP contribution is 2.29. The molecule has 0 N–H and O–H groups in total. The van der Waals surface area contributed by atoms with E-state index in [0.717, 1.165) is 49.8 Å². The molecule has 2 aliphatic heterocycles. The summed E-state index contributed by atoms with van der Waals surface area (Å²) in [4.78, 5) is 23.2. The second kappa shape index (κ2) is 6.05. The zero-order chi connectivity index (χ0) is 17.7. The van der Waals surface area contributed by atoms with Gasteiger partial charge in [-0.3, -0.25) is 9.20 Å². The number of rotatable bonds is 2. The number of amides is 1. The second-order valence-electron chi connectivity index (χ2n) is 7.00. The van der Waals surface area contributed by atoms with E-state index >= 15 is 0 Å². The SMILES string of the molecule is Cc1nnc2c(N3CCC(C(=O)N4CCc5sccc5C4)C3)nccn12. The van der Waals surface area contributed by atoms with Crippen LogP contribution in [0.3, 0.4) is 0 Å². The summed E-state index contributed by atoms with van der Waals surface area (Å²) in [6.07, 6.45) is 5.49. The van der Waals surface area contributed by atoms with Crippen molar-refractivity contribution in [2.45, 2.75) is 26.3 Å². The van der Waals surface area contributed by atoms with E-state index in [9.17, 15) is 4.79 Å². The quantitative estimate of drug-likeness (QED) is 0.691. The van der Waals surface area contributed by atoms with Crippen LogP contribution in [0, 0.1) is 12.8 Å². The van der Waals surface area contributed by atoms with E-state index < -0.39 is 0 Å². The van der Waals surface area contributed by atoms with Gasteiger partial charge in [0.25, 0.3) is 0 Å². The van der Waals surface area contributed by atoms with E-state index in [4.69, 9.17) is 0 Å². The van der Waals surface area contributed by atoms with Crippen molar-refractivity contribution in [3.05, 3.63) is 40.1 Å². The van der Waals surface area contributed by atoms with Crippen molar-refractivity contribution in [3.8, 4) is 0 Å². The zero-order valence-corrected chi connectivity index (χ0v) is 15.4. The van der Waals surface area contributed by atoms with Crippen LogP contribution >= 0.6 is 11.3 Å². The lowest BCUT2D eigenvalue weighted by atomic mass is 10.0. The zero-order valence-electron chi connectivity index (χ0n) is 14.6. The minimum absolute atomic E-state index is 0.0289. The Hall–Kier alpha value is -2.48. The van der Waals surface area contributed by atoms with Crippen molar-refractivity contribution in [1.82, 2.24) is 24.5 Å². The van der Waals surface area contributed by atoms with E-state index in [0.29, 0.717) is 6.54 Å². The number of nitrogens with zero attached hydrogens (tertiary/aromatic N) is 6. The molecular weight excluding hydrogens is 348 g/mol. The lowest BCUT2D eigenvalue weighted by Gasteiger charge is -2.29. The minimum Gasteiger partial charge on any atom is -0.353 e. The Balaban J connectivity index is 1.33. The fourth-order valence-corrected chi connectivity index (χ4v) is 4.89. The fraction of sp³-hybridized carbons (Fsp3) is 0.444. The molecule has 3 aromatic heterocycles. The molecule has 0 bridgehead atoms. The van der Waals surface area contributed by atoms with E-state index in [2.05, 4.69) is 31.5 Å². The number of anilines is 1. The molecule has 0 aliphatic carbocycles. The molecule has 1 unspecified atom stereocenters. The van der Waals surface area contributed by atoms with Gasteiger partial charge in [-0.2, -0.15) is 0 Å². The minimum atomic E-state index is 0.0289. The molecule has 7 nitrogen and oxygen atoms in total. The topological polar surface area (TPSA) is 66.6 Å². The highest BCUT2D eigenvalue weighted by Gasteiger charge is 2.34. The van der Waals surface area contributed by atoms with Crippen LogP contribution in [-0.4, -0.2) is 50.0 Å². The Labute approximate surface area is 155 Å². The normalized spacial score (nSPS) is 20.0. The Kier molecular flexibility index (Phi) is 3.66. The molecule has 1 atom stereocenters. The van der Waals surface area contributed by atoms with Gasteiger partial charge in [0.05, 0.1) is 5.92 Å². The summed E-state index contributed by atoms with van der Waals surface area (Å²) in [5.41, 5.74) is 2.08. The number of hydrogen-bond acceptors (Lipinski definition) is 6. The van der Waals surface area contributed by atoms with Crippen LogP contribution in [0.2, 0.25) is 0 Å². The van der Waals surface area contributed by atoms with E-state index in [1.54, 1.807) is 17.5 Å². The van der Waals surface area contributed by atoms with Gasteiger partial charge in [-0.05, 0) is 36.8 Å². The monoisotopic (exact) mass is 368 g/mol. The van der Waals surface area contributed by atoms with Gasteiger partial charge in [0.2, 0.25) is 11.6 Å². The molecule has 0 spiro atoms. The largest absolute Gasteiger partial charge is 0.353 e. The van der Waals surface area contributed by atoms with Gasteiger partial charge < -0.3 is 9.80 Å². The molecule has 1 fully saturated rings. The summed E-state index contributed by atoms with van der Waals surface area (Å²) < 4.78 is 1.94. The maximum Gasteiger partial charge on any atom is 0.227 e. The van der Waals surface area contributed by atoms with E-state index in [1.807, 2.05) is 22.4 Å². The standard InChI is InChI=1S/C18H20N6OS/c1-12-20-21-17-16(19-5-8-24(12)17)22-6-2-14(11-22)18(25)23-7-3-15-13(10-23)4-9-26-15/h4-5,8-9,14H,2-3,6-7,10-11H2,1H3. The number of aryl methyl sites for hydroxylation is 1. The predicted molar refractivity (Wildman–Crippen MR) is 99.3 cm³/mol. The third-order valence-corrected chi connectivity index (χ3v) is 6.46. The summed E-state index contributed by atoms with van der Waals surface area (Å²) in [6, 6.07) is 2.15. The van der Waals surface area contributed by atoms with Crippen LogP contribution in [0.4, 0.5) is 5.82 Å². The molecule has 134 valence electrons. The first-order valence-electron chi connectivity index (χ1n) is 8.96. The summed E-state index contributed by atoms with van der Waals surface area (Å²) >= 11 is 1.80. The first kappa shape index (κ1) is 15.7. The van der Waals surface area contributed by atoms with Crippen LogP contribution in [0.25, 0.3) is 5.65 Å². The average molecular weight is 368 g/mol. The Morgan fingerprint density at radius 3 is 3.15 bits per heavy atom. The van der Waals surface area contributed by atoms with Gasteiger partial charge in [0.15, 0.2) is 5.82 Å². The Morgan fingerprint density at radius 2 is 2.23 bits per heavy atom. The first-order chi connectivity index (χ1) is 12.7. The molecule has 26 heavy (non-hydrogen) atoms. The van der Waals surface area contributed by atoms with Crippen molar-refractivity contribution in [2.75, 3.05) is 24.5 Å². The lowest BCUT2D eigenvalue weighted by molar-refractivity contribution is -0.135. The van der Waals surface area contributed by atoms with Crippen LogP contribution in [0.1, 0.15) is 22.7 Å². The van der Waals surface area contributed by atoms with Gasteiger partial charge in [-0.15, -0.1) is 21.5 Å². The number of aromatic nitrogens is 4. The molecule has 0 radical (unpaired) electrons. The number of thiophene rings is 1. The maximum atomic E-state index is 13.0. The molecule has 5 rings (SSSR count). The summed E-state index contributed by atoms with van der Waals surface area (Å²) in [5.74, 6) is 1.97. The number of hydrogen-bond donors (Lipinski definition) is 0. The van der Waals surface area contributed by atoms with E-state index in [-0.39, 0.29) is 11.8 Å². The van der Waals surface area contributed by atoms with Crippen molar-refractivity contribution < 1.29 is 4.79 Å². The van der Waals surface area contributed by atoms with Gasteiger partial charge in [0, 0.05) is 43.4 Å². The van der Waals surface area contributed by atoms with Gasteiger partial charge in [-0.1, -0.05) is 0 Å². The third-order valence-electron chi connectivity index (χ3n) is 5.44. The smallest absolute Gasteiger partial charge is 0.227 e. The van der Waals surface area contributed by atoms with Gasteiger partial charge in [-0.25, -0.2) is 4.98 Å². The molecule has 0 saturated carbocycles. The van der Waals surface area contributed by atoms with Gasteiger partial charge in [0.1, 0.15) is 5.82 Å². The highest BCUT2D eigenvalue weighted by molar-refractivity contribution is 7.10. The molecule has 1 saturated heterocycles. The second-order valence-corrected chi connectivity index (χ2v) is 8.00. The molecule has 2 aliphatic rings. The molecule has 3 aromatic rings. The maximum absolute atomic E-state index is 13.0. The summed E-state index contributed by atoms with van der Waals surface area (Å²) in [5, 5.41) is 10.5. The first-order valence-corrected chi connectivity index (χ1v) is 9.84. The summed E-state index contributed by atoms with van der Waals surface area (Å²) in [7, 11) is 0. The number of carbonyl (C=O) groups excluding carboxylic acids is 1. The number of fused-ring (bicyclic) bond motifs is 2. The van der Waals surface area contributed by atoms with Crippen molar-refractivity contribution >= 4 is 28.7 Å². The molecule has 1 amide bonds. The molecule has 5 heterocycles. The predicted octanol–water partition coefficient (Wildman–Crippen LogP) is 1.91. The molecule has 8 heteroatoms. The van der Waals surface area contributed by atoms with Crippen molar-refractivity contribution in [2.24, 2.45) is 5.92 Å². The average Bonchev–Trinajstić information content (AvgIpc) is 3.40. The van der Waals surface area contributed by atoms with Crippen molar-refractivity contribution in [3.63, 3.8) is 0 Å². The molecule has 0 aromatic carbocycles. The Bertz CT molecular complexity index is 979. The third kappa shape index (κ3) is 2.47. The van der Waals surface area contributed by atoms with Crippen LogP contribution < -0.4 is 4.90 Å². The fourth-order valence-electron chi connectivity index (χ4n) is 4.00. The molecular formula is C18H20N6OS. The van der Waals surface area contributed by atoms with E-state index in [1.165, 1.54) is 10.4 Å². The van der Waals surface area contributed by atoms with Crippen LogP contribution in [-0.2, 0) is 17.8 Å². The number of carbonyl (C=O) groups is 1. The Morgan fingerprint density at radius 1 is 1.31 bits per heavy atom. The van der Waals surface area contributed by atoms with Crippen molar-refractivity contribution in [1.29, 1.82) is 0 Å². The lowest BCUT2D eigenvalue weighted by Crippen LogP contribution is -2.40. The summed E-state index contributed by atoms with van der Waals surface area (Å²) in [6.45, 7) is 5.04. The van der Waals surface area contributed by atoms with Crippen LogP contribution in [0.5, 0.6) is 0 Å².